The van der Waals surface area contributed by atoms with Gasteiger partial charge in [-0.2, -0.15) is 0 Å². The molecule has 2 heterocycles. The van der Waals surface area contributed by atoms with Gasteiger partial charge in [-0.3, -0.25) is 0 Å². The first-order chi connectivity index (χ1) is 9.49. The van der Waals surface area contributed by atoms with E-state index in [9.17, 15) is 9.59 Å². The molecule has 0 radical (unpaired) electrons. The van der Waals surface area contributed by atoms with E-state index in [1.165, 1.54) is 4.90 Å². The summed E-state index contributed by atoms with van der Waals surface area (Å²) < 4.78 is 10.3. The Morgan fingerprint density at radius 3 is 2.90 bits per heavy atom. The molecular weight excluding hydrogens is 264 g/mol. The zero-order valence-electron chi connectivity index (χ0n) is 11.5. The van der Waals surface area contributed by atoms with Gasteiger partial charge in [0.25, 0.3) is 0 Å². The van der Waals surface area contributed by atoms with Crippen LogP contribution in [0.5, 0.6) is 0 Å². The van der Waals surface area contributed by atoms with E-state index >= 15 is 0 Å². The fourth-order valence-electron chi connectivity index (χ4n) is 2.11. The summed E-state index contributed by atoms with van der Waals surface area (Å²) in [6.07, 6.45) is 0.634. The predicted molar refractivity (Wildman–Crippen MR) is 69.3 cm³/mol. The van der Waals surface area contributed by atoms with Crippen LogP contribution in [0.25, 0.3) is 0 Å². The third kappa shape index (κ3) is 3.11. The van der Waals surface area contributed by atoms with Gasteiger partial charge in [-0.25, -0.2) is 9.59 Å². The van der Waals surface area contributed by atoms with Crippen molar-refractivity contribution >= 4 is 12.0 Å². The maximum Gasteiger partial charge on any atom is 0.334 e. The molecule has 1 unspecified atom stereocenters. The van der Waals surface area contributed by atoms with Gasteiger partial charge >= 0.3 is 12.0 Å². The highest BCUT2D eigenvalue weighted by atomic mass is 16.5. The number of amides is 2. The first-order valence-corrected chi connectivity index (χ1v) is 6.36. The maximum absolute atomic E-state index is 12.3. The number of aliphatic carboxylic acids is 1. The highest BCUT2D eigenvalue weighted by Crippen LogP contribution is 2.14. The second-order valence-electron chi connectivity index (χ2n) is 4.78. The lowest BCUT2D eigenvalue weighted by molar-refractivity contribution is -0.154. The van der Waals surface area contributed by atoms with Crippen molar-refractivity contribution in [3.63, 3.8) is 0 Å². The van der Waals surface area contributed by atoms with E-state index in [0.29, 0.717) is 13.1 Å². The van der Waals surface area contributed by atoms with Crippen LogP contribution in [0.2, 0.25) is 0 Å². The van der Waals surface area contributed by atoms with Gasteiger partial charge in [0.05, 0.1) is 26.0 Å². The molecule has 20 heavy (non-hydrogen) atoms. The molecule has 0 aromatic carbocycles. The molecular formula is C13H18N2O5. The van der Waals surface area contributed by atoms with Crippen molar-refractivity contribution in [1.29, 1.82) is 0 Å². The van der Waals surface area contributed by atoms with Gasteiger partial charge in [0.1, 0.15) is 5.76 Å². The number of carboxylic acids is 1. The molecule has 1 N–H and O–H groups in total. The summed E-state index contributed by atoms with van der Waals surface area (Å²) in [7, 11) is 1.68. The molecule has 1 fully saturated rings. The van der Waals surface area contributed by atoms with Crippen molar-refractivity contribution in [3.05, 3.63) is 23.7 Å². The first-order valence-electron chi connectivity index (χ1n) is 6.36. The van der Waals surface area contributed by atoms with Gasteiger partial charge in [-0.1, -0.05) is 0 Å². The Kier molecular flexibility index (Phi) is 4.29. The van der Waals surface area contributed by atoms with Crippen LogP contribution in [0.15, 0.2) is 16.7 Å². The molecule has 0 bridgehead atoms. The number of urea groups is 1. The van der Waals surface area contributed by atoms with E-state index in [0.717, 1.165) is 11.3 Å². The van der Waals surface area contributed by atoms with Crippen molar-refractivity contribution in [2.24, 2.45) is 0 Å². The van der Waals surface area contributed by atoms with Crippen molar-refractivity contribution in [2.45, 2.75) is 19.6 Å². The number of hydrogen-bond donors (Lipinski definition) is 1. The lowest BCUT2D eigenvalue weighted by Crippen LogP contribution is -2.51. The minimum atomic E-state index is -1.05. The second kappa shape index (κ2) is 5.96. The summed E-state index contributed by atoms with van der Waals surface area (Å²) in [6, 6.07) is 1.61. The largest absolute Gasteiger partial charge is 0.479 e. The Morgan fingerprint density at radius 2 is 2.30 bits per heavy atom. The third-order valence-electron chi connectivity index (χ3n) is 3.31. The summed E-state index contributed by atoms with van der Waals surface area (Å²) in [4.78, 5) is 26.2. The van der Waals surface area contributed by atoms with Crippen LogP contribution in [0.3, 0.4) is 0 Å². The monoisotopic (exact) mass is 282 g/mol. The summed E-state index contributed by atoms with van der Waals surface area (Å²) >= 11 is 0. The fraction of sp³-hybridized carbons (Fsp3) is 0.538. The van der Waals surface area contributed by atoms with Crippen molar-refractivity contribution in [1.82, 2.24) is 9.80 Å². The number of carbonyl (C=O) groups excluding carboxylic acids is 1. The number of hydrogen-bond acceptors (Lipinski definition) is 4. The Morgan fingerprint density at radius 1 is 1.55 bits per heavy atom. The zero-order chi connectivity index (χ0) is 14.7. The molecule has 1 aliphatic heterocycles. The lowest BCUT2D eigenvalue weighted by Gasteiger charge is -2.33. The van der Waals surface area contributed by atoms with Crippen LogP contribution in [0, 0.1) is 6.92 Å². The summed E-state index contributed by atoms with van der Waals surface area (Å²) in [6.45, 7) is 2.97. The molecule has 110 valence electrons. The van der Waals surface area contributed by atoms with Crippen LogP contribution in [-0.4, -0.2) is 59.8 Å². The van der Waals surface area contributed by atoms with E-state index in [-0.39, 0.29) is 19.2 Å². The molecule has 2 rings (SSSR count). The van der Waals surface area contributed by atoms with Crippen molar-refractivity contribution < 1.29 is 23.8 Å². The second-order valence-corrected chi connectivity index (χ2v) is 4.78. The van der Waals surface area contributed by atoms with Crippen LogP contribution in [0.1, 0.15) is 11.3 Å². The molecule has 2 amide bonds. The number of carboxylic acid groups (broad SMARTS) is 1. The smallest absolute Gasteiger partial charge is 0.334 e. The van der Waals surface area contributed by atoms with Crippen molar-refractivity contribution in [3.8, 4) is 0 Å². The van der Waals surface area contributed by atoms with Gasteiger partial charge in [0, 0.05) is 19.2 Å². The minimum Gasteiger partial charge on any atom is -0.479 e. The highest BCUT2D eigenvalue weighted by molar-refractivity contribution is 5.77. The Hall–Kier alpha value is -2.02. The summed E-state index contributed by atoms with van der Waals surface area (Å²) in [5.41, 5.74) is 0.934. The number of morpholine rings is 1. The van der Waals surface area contributed by atoms with Gasteiger partial charge < -0.3 is 24.1 Å². The molecule has 1 atom stereocenters. The lowest BCUT2D eigenvalue weighted by atomic mass is 10.2. The van der Waals surface area contributed by atoms with E-state index in [4.69, 9.17) is 14.3 Å². The van der Waals surface area contributed by atoms with Crippen LogP contribution in [0.4, 0.5) is 4.79 Å². The van der Waals surface area contributed by atoms with Gasteiger partial charge in [-0.05, 0) is 13.0 Å². The standard InChI is InChI=1S/C13H18N2O5/c1-9-10(3-5-19-9)7-14(2)13(18)15-4-6-20-11(8-15)12(16)17/h3,5,11H,4,6-8H2,1-2H3,(H,16,17). The third-order valence-corrected chi connectivity index (χ3v) is 3.31. The topological polar surface area (TPSA) is 83.2 Å². The molecule has 1 saturated heterocycles. The average Bonchev–Trinajstić information content (AvgIpc) is 2.83. The van der Waals surface area contributed by atoms with Crippen molar-refractivity contribution in [2.75, 3.05) is 26.7 Å². The normalized spacial score (nSPS) is 18.9. The van der Waals surface area contributed by atoms with Crippen LogP contribution >= 0.6 is 0 Å². The molecule has 1 aliphatic rings. The SMILES string of the molecule is Cc1occc1CN(C)C(=O)N1CCOC(C(=O)O)C1. The predicted octanol–water partition coefficient (Wildman–Crippen LogP) is 0.925. The molecule has 0 saturated carbocycles. The fourth-order valence-corrected chi connectivity index (χ4v) is 2.11. The molecule has 1 aromatic rings. The quantitative estimate of drug-likeness (QED) is 0.891. The van der Waals surface area contributed by atoms with Crippen LogP contribution in [-0.2, 0) is 16.1 Å². The highest BCUT2D eigenvalue weighted by Gasteiger charge is 2.30. The van der Waals surface area contributed by atoms with Gasteiger partial charge in [-0.15, -0.1) is 0 Å². The maximum atomic E-state index is 12.3. The molecule has 0 spiro atoms. The molecule has 0 aliphatic carbocycles. The van der Waals surface area contributed by atoms with E-state index in [1.54, 1.807) is 18.2 Å². The van der Waals surface area contributed by atoms with Gasteiger partial charge in [0.15, 0.2) is 6.10 Å². The van der Waals surface area contributed by atoms with E-state index in [1.807, 2.05) is 13.0 Å². The summed E-state index contributed by atoms with van der Waals surface area (Å²) in [5.74, 6) is -0.272. The van der Waals surface area contributed by atoms with E-state index < -0.39 is 12.1 Å². The number of carbonyl (C=O) groups is 2. The number of furan rings is 1. The number of nitrogens with zero attached hydrogens (tertiary/aromatic N) is 2. The zero-order valence-corrected chi connectivity index (χ0v) is 11.5. The Labute approximate surface area is 116 Å². The number of aryl methyl sites for hydroxylation is 1. The summed E-state index contributed by atoms with van der Waals surface area (Å²) in [5, 5.41) is 8.93. The average molecular weight is 282 g/mol. The molecule has 7 nitrogen and oxygen atoms in total. The number of rotatable bonds is 3. The minimum absolute atomic E-state index is 0.0723. The molecule has 7 heteroatoms. The van der Waals surface area contributed by atoms with Gasteiger partial charge in [0.2, 0.25) is 0 Å². The molecule has 1 aromatic heterocycles. The van der Waals surface area contributed by atoms with Crippen LogP contribution < -0.4 is 0 Å². The Balaban J connectivity index is 1.96. The number of ether oxygens (including phenoxy) is 1. The first kappa shape index (κ1) is 14.4. The van der Waals surface area contributed by atoms with E-state index in [2.05, 4.69) is 0 Å². The Bertz CT molecular complexity index is 499.